The molecule has 8 heteroatoms. The minimum absolute atomic E-state index is 0.0727. The zero-order valence-corrected chi connectivity index (χ0v) is 11.7. The van der Waals surface area contributed by atoms with Crippen molar-refractivity contribution < 1.29 is 22.7 Å². The molecular formula is C14H14F3N3O2. The summed E-state index contributed by atoms with van der Waals surface area (Å²) in [6.45, 7) is 1.57. The monoisotopic (exact) mass is 313 g/mol. The molecule has 1 aromatic heterocycles. The summed E-state index contributed by atoms with van der Waals surface area (Å²) in [4.78, 5) is 12.0. The Morgan fingerprint density at radius 1 is 1.36 bits per heavy atom. The summed E-state index contributed by atoms with van der Waals surface area (Å²) < 4.78 is 42.3. The van der Waals surface area contributed by atoms with Crippen molar-refractivity contribution in [3.8, 4) is 5.75 Å². The molecule has 2 aromatic rings. The van der Waals surface area contributed by atoms with Crippen LogP contribution in [-0.4, -0.2) is 22.1 Å². The smallest absolute Gasteiger partial charge is 0.405 e. The van der Waals surface area contributed by atoms with Crippen LogP contribution in [0.1, 0.15) is 18.5 Å². The molecule has 0 radical (unpaired) electrons. The lowest BCUT2D eigenvalue weighted by Gasteiger charge is -2.15. The number of ether oxygens (including phenoxy) is 1. The number of hydrogen-bond donors (Lipinski definition) is 1. The molecule has 0 fully saturated rings. The lowest BCUT2D eigenvalue weighted by molar-refractivity contribution is -0.274. The number of carbonyl (C=O) groups is 1. The van der Waals surface area contributed by atoms with Gasteiger partial charge in [-0.05, 0) is 19.1 Å². The molecule has 22 heavy (non-hydrogen) atoms. The maximum atomic E-state index is 12.3. The zero-order chi connectivity index (χ0) is 16.2. The van der Waals surface area contributed by atoms with Gasteiger partial charge in [-0.2, -0.15) is 5.10 Å². The van der Waals surface area contributed by atoms with Crippen molar-refractivity contribution in [3.05, 3.63) is 48.3 Å². The molecule has 0 saturated heterocycles. The summed E-state index contributed by atoms with van der Waals surface area (Å²) in [5, 5.41) is 6.51. The van der Waals surface area contributed by atoms with Crippen molar-refractivity contribution in [2.24, 2.45) is 0 Å². The number of hydrogen-bond acceptors (Lipinski definition) is 3. The van der Waals surface area contributed by atoms with Crippen molar-refractivity contribution in [2.45, 2.75) is 25.9 Å². The van der Waals surface area contributed by atoms with Crippen molar-refractivity contribution in [2.75, 3.05) is 0 Å². The van der Waals surface area contributed by atoms with E-state index in [9.17, 15) is 18.0 Å². The molecule has 1 heterocycles. The number of nitrogens with zero attached hydrogens (tertiary/aromatic N) is 2. The molecular weight excluding hydrogens is 299 g/mol. The third-order valence-corrected chi connectivity index (χ3v) is 2.95. The van der Waals surface area contributed by atoms with Gasteiger partial charge in [0.25, 0.3) is 0 Å². The second-order valence-electron chi connectivity index (χ2n) is 4.54. The van der Waals surface area contributed by atoms with E-state index in [0.29, 0.717) is 0 Å². The minimum atomic E-state index is -4.78. The lowest BCUT2D eigenvalue weighted by atomic mass is 10.2. The van der Waals surface area contributed by atoms with Gasteiger partial charge >= 0.3 is 6.36 Å². The van der Waals surface area contributed by atoms with E-state index >= 15 is 0 Å². The number of carbonyl (C=O) groups excluding carboxylic acids is 1. The molecule has 1 amide bonds. The summed E-state index contributed by atoms with van der Waals surface area (Å²) in [6, 6.07) is 6.77. The average Bonchev–Trinajstić information content (AvgIpc) is 2.97. The first-order valence-corrected chi connectivity index (χ1v) is 6.47. The quantitative estimate of drug-likeness (QED) is 0.923. The highest BCUT2D eigenvalue weighted by Gasteiger charge is 2.32. The summed E-state index contributed by atoms with van der Waals surface area (Å²) in [7, 11) is 0. The maximum absolute atomic E-state index is 12.3. The molecule has 0 aliphatic carbocycles. The normalized spacial score (nSPS) is 12.7. The van der Waals surface area contributed by atoms with E-state index < -0.39 is 12.4 Å². The van der Waals surface area contributed by atoms with E-state index in [4.69, 9.17) is 0 Å². The van der Waals surface area contributed by atoms with Gasteiger partial charge in [0.05, 0.1) is 0 Å². The predicted octanol–water partition coefficient (Wildman–Crippen LogP) is 2.66. The van der Waals surface area contributed by atoms with Crippen LogP contribution in [0.15, 0.2) is 42.7 Å². The van der Waals surface area contributed by atoms with E-state index in [-0.39, 0.29) is 23.8 Å². The average molecular weight is 313 g/mol. The number of rotatable bonds is 5. The number of halogens is 3. The molecule has 1 N–H and O–H groups in total. The van der Waals surface area contributed by atoms with Crippen molar-refractivity contribution in [1.29, 1.82) is 0 Å². The molecule has 0 bridgehead atoms. The second-order valence-corrected chi connectivity index (χ2v) is 4.54. The predicted molar refractivity (Wildman–Crippen MR) is 71.9 cm³/mol. The molecule has 0 aliphatic heterocycles. The first-order valence-electron chi connectivity index (χ1n) is 6.47. The van der Waals surface area contributed by atoms with Gasteiger partial charge in [0.2, 0.25) is 5.91 Å². The van der Waals surface area contributed by atoms with Crippen molar-refractivity contribution >= 4 is 5.91 Å². The van der Waals surface area contributed by atoms with Crippen LogP contribution < -0.4 is 10.1 Å². The Bertz CT molecular complexity index is 627. The summed E-state index contributed by atoms with van der Waals surface area (Å²) >= 11 is 0. The number of amides is 1. The number of aromatic nitrogens is 2. The van der Waals surface area contributed by atoms with E-state index in [1.54, 1.807) is 25.3 Å². The first kappa shape index (κ1) is 15.9. The van der Waals surface area contributed by atoms with Crippen molar-refractivity contribution in [1.82, 2.24) is 15.1 Å². The standard InChI is InChI=1S/C14H14F3N3O2/c1-10(20-8-4-7-19-20)13(21)18-9-11-5-2-3-6-12(11)22-14(15,16)17/h2-8,10H,9H2,1H3,(H,18,21). The molecule has 2 rings (SSSR count). The van der Waals surface area contributed by atoms with Gasteiger partial charge in [-0.1, -0.05) is 18.2 Å². The van der Waals surface area contributed by atoms with Crippen LogP contribution in [0.3, 0.4) is 0 Å². The SMILES string of the molecule is CC(C(=O)NCc1ccccc1OC(F)(F)F)n1cccn1. The highest BCUT2D eigenvalue weighted by atomic mass is 19.4. The number of alkyl halides is 3. The number of para-hydroxylation sites is 1. The lowest BCUT2D eigenvalue weighted by Crippen LogP contribution is -2.31. The van der Waals surface area contributed by atoms with E-state index in [2.05, 4.69) is 15.2 Å². The topological polar surface area (TPSA) is 56.1 Å². The largest absolute Gasteiger partial charge is 0.573 e. The fourth-order valence-electron chi connectivity index (χ4n) is 1.83. The highest BCUT2D eigenvalue weighted by molar-refractivity contribution is 5.79. The summed E-state index contributed by atoms with van der Waals surface area (Å²) in [5.41, 5.74) is 0.237. The van der Waals surface area contributed by atoms with Crippen LogP contribution in [0.2, 0.25) is 0 Å². The van der Waals surface area contributed by atoms with E-state index in [1.807, 2.05) is 0 Å². The molecule has 0 saturated carbocycles. The van der Waals surface area contributed by atoms with Gasteiger partial charge in [0.1, 0.15) is 11.8 Å². The fraction of sp³-hybridized carbons (Fsp3) is 0.286. The Balaban J connectivity index is 2.01. The molecule has 118 valence electrons. The molecule has 1 atom stereocenters. The van der Waals surface area contributed by atoms with Crippen molar-refractivity contribution in [3.63, 3.8) is 0 Å². The second kappa shape index (κ2) is 6.50. The molecule has 0 spiro atoms. The maximum Gasteiger partial charge on any atom is 0.573 e. The molecule has 1 aromatic carbocycles. The molecule has 5 nitrogen and oxygen atoms in total. The number of benzene rings is 1. The van der Waals surface area contributed by atoms with Crippen LogP contribution >= 0.6 is 0 Å². The minimum Gasteiger partial charge on any atom is -0.405 e. The van der Waals surface area contributed by atoms with Gasteiger partial charge in [-0.15, -0.1) is 13.2 Å². The van der Waals surface area contributed by atoms with Crippen LogP contribution in [0.25, 0.3) is 0 Å². The van der Waals surface area contributed by atoms with Gasteiger partial charge in [-0.3, -0.25) is 9.48 Å². The highest BCUT2D eigenvalue weighted by Crippen LogP contribution is 2.26. The number of nitrogens with one attached hydrogen (secondary N) is 1. The van der Waals surface area contributed by atoms with Gasteiger partial charge in [-0.25, -0.2) is 0 Å². The third-order valence-electron chi connectivity index (χ3n) is 2.95. The van der Waals surface area contributed by atoms with E-state index in [0.717, 1.165) is 0 Å². The van der Waals surface area contributed by atoms with Gasteiger partial charge < -0.3 is 10.1 Å². The summed E-state index contributed by atoms with van der Waals surface area (Å²) in [6.07, 6.45) is -1.61. The molecule has 1 unspecified atom stereocenters. The molecule has 0 aliphatic rings. The zero-order valence-electron chi connectivity index (χ0n) is 11.7. The first-order chi connectivity index (χ1) is 10.4. The van der Waals surface area contributed by atoms with Gasteiger partial charge in [0, 0.05) is 24.5 Å². The third kappa shape index (κ3) is 4.24. The Hall–Kier alpha value is -2.51. The van der Waals surface area contributed by atoms with Crippen LogP contribution in [0.5, 0.6) is 5.75 Å². The Morgan fingerprint density at radius 3 is 2.73 bits per heavy atom. The van der Waals surface area contributed by atoms with Crippen LogP contribution in [0, 0.1) is 0 Å². The van der Waals surface area contributed by atoms with Gasteiger partial charge in [0.15, 0.2) is 0 Å². The Morgan fingerprint density at radius 2 is 2.09 bits per heavy atom. The van der Waals surface area contributed by atoms with Crippen LogP contribution in [0.4, 0.5) is 13.2 Å². The van der Waals surface area contributed by atoms with E-state index in [1.165, 1.54) is 29.1 Å². The Labute approximate surface area is 124 Å². The van der Waals surface area contributed by atoms with Crippen LogP contribution in [-0.2, 0) is 11.3 Å². The fourth-order valence-corrected chi connectivity index (χ4v) is 1.83. The summed E-state index contributed by atoms with van der Waals surface area (Å²) in [5.74, 6) is -0.687. The Kier molecular flexibility index (Phi) is 4.69.